The Balaban J connectivity index is 1.63. The smallest absolute Gasteiger partial charge is 0.243 e. The third-order valence-electron chi connectivity index (χ3n) is 5.54. The van der Waals surface area contributed by atoms with Crippen LogP contribution in [-0.2, 0) is 23.0 Å². The van der Waals surface area contributed by atoms with E-state index >= 15 is 0 Å². The van der Waals surface area contributed by atoms with Gasteiger partial charge in [-0.15, -0.1) is 0 Å². The maximum absolute atomic E-state index is 12.9. The molecule has 29 heavy (non-hydrogen) atoms. The summed E-state index contributed by atoms with van der Waals surface area (Å²) in [6.45, 7) is 6.10. The van der Waals surface area contributed by atoms with Crippen molar-refractivity contribution in [1.82, 2.24) is 4.31 Å². The van der Waals surface area contributed by atoms with Crippen LogP contribution in [0.4, 0.5) is 5.69 Å². The molecule has 0 amide bonds. The van der Waals surface area contributed by atoms with Gasteiger partial charge in [0.2, 0.25) is 16.8 Å². The summed E-state index contributed by atoms with van der Waals surface area (Å²) in [6.07, 6.45) is 1.76. The topological polar surface area (TPSA) is 79.3 Å². The number of nitrogens with zero attached hydrogens (tertiary/aromatic N) is 2. The Morgan fingerprint density at radius 1 is 1.10 bits per heavy atom. The quantitative estimate of drug-likeness (QED) is 0.777. The highest BCUT2D eigenvalue weighted by Gasteiger charge is 2.26. The minimum Gasteiger partial charge on any atom is -0.507 e. The first-order valence-corrected chi connectivity index (χ1v) is 11.4. The number of fused-ring (bicyclic) bond motifs is 2. The molecule has 0 spiro atoms. The summed E-state index contributed by atoms with van der Waals surface area (Å²) in [6, 6.07) is 8.77. The lowest BCUT2D eigenvalue weighted by Gasteiger charge is -2.32. The predicted octanol–water partition coefficient (Wildman–Crippen LogP) is 3.10. The molecule has 8 heteroatoms. The third-order valence-corrected chi connectivity index (χ3v) is 7.59. The van der Waals surface area contributed by atoms with Crippen molar-refractivity contribution < 1.29 is 23.0 Å². The van der Waals surface area contributed by atoms with Gasteiger partial charge in [0.15, 0.2) is 11.5 Å². The minimum atomic E-state index is -3.48. The van der Waals surface area contributed by atoms with Gasteiger partial charge in [-0.2, -0.15) is 4.31 Å². The first-order chi connectivity index (χ1) is 13.9. The Morgan fingerprint density at radius 2 is 1.83 bits per heavy atom. The molecule has 0 atom stereocenters. The van der Waals surface area contributed by atoms with Crippen molar-refractivity contribution in [2.24, 2.45) is 0 Å². The summed E-state index contributed by atoms with van der Waals surface area (Å²) in [5.74, 6) is 1.36. The van der Waals surface area contributed by atoms with E-state index in [1.807, 2.05) is 26.0 Å². The Morgan fingerprint density at radius 3 is 2.55 bits per heavy atom. The fourth-order valence-electron chi connectivity index (χ4n) is 3.99. The zero-order chi connectivity index (χ0) is 20.6. The van der Waals surface area contributed by atoms with E-state index in [4.69, 9.17) is 9.47 Å². The molecule has 0 radical (unpaired) electrons. The van der Waals surface area contributed by atoms with Crippen molar-refractivity contribution in [2.75, 3.05) is 31.3 Å². The molecule has 4 rings (SSSR count). The summed E-state index contributed by atoms with van der Waals surface area (Å²) in [4.78, 5) is 2.51. The molecule has 1 N–H and O–H groups in total. The van der Waals surface area contributed by atoms with Gasteiger partial charge in [-0.1, -0.05) is 13.8 Å². The van der Waals surface area contributed by atoms with E-state index in [-0.39, 0.29) is 12.5 Å². The van der Waals surface area contributed by atoms with Crippen LogP contribution < -0.4 is 14.4 Å². The normalized spacial score (nSPS) is 15.6. The maximum Gasteiger partial charge on any atom is 0.243 e. The number of sulfonamides is 1. The second kappa shape index (κ2) is 7.76. The molecule has 0 aliphatic carbocycles. The van der Waals surface area contributed by atoms with Gasteiger partial charge in [0.1, 0.15) is 5.75 Å². The molecule has 2 aliphatic rings. The van der Waals surface area contributed by atoms with Gasteiger partial charge >= 0.3 is 0 Å². The van der Waals surface area contributed by atoms with Crippen molar-refractivity contribution in [3.8, 4) is 17.2 Å². The van der Waals surface area contributed by atoms with E-state index in [2.05, 4.69) is 4.90 Å². The molecule has 0 saturated heterocycles. The Hall–Kier alpha value is -2.45. The van der Waals surface area contributed by atoms with Crippen LogP contribution in [0, 0.1) is 0 Å². The molecule has 156 valence electrons. The minimum absolute atomic E-state index is 0.161. The molecule has 2 heterocycles. The number of benzene rings is 2. The second-order valence-corrected chi connectivity index (χ2v) is 9.18. The average molecular weight is 419 g/mol. The van der Waals surface area contributed by atoms with E-state index in [0.29, 0.717) is 36.0 Å². The summed E-state index contributed by atoms with van der Waals surface area (Å²) in [5.41, 5.74) is 2.78. The molecular weight excluding hydrogens is 392 g/mol. The number of aromatic hydroxyl groups is 1. The molecule has 7 nitrogen and oxygen atoms in total. The van der Waals surface area contributed by atoms with Crippen LogP contribution >= 0.6 is 0 Å². The lowest BCUT2D eigenvalue weighted by atomic mass is 10.0. The number of phenolic OH excluding ortho intramolecular Hbond substituents is 1. The number of phenols is 1. The highest BCUT2D eigenvalue weighted by atomic mass is 32.2. The number of ether oxygens (including phenoxy) is 2. The number of hydrogen-bond donors (Lipinski definition) is 1. The van der Waals surface area contributed by atoms with E-state index in [1.165, 1.54) is 4.31 Å². The molecule has 2 aromatic rings. The number of rotatable bonds is 6. The summed E-state index contributed by atoms with van der Waals surface area (Å²) in [7, 11) is -3.48. The van der Waals surface area contributed by atoms with E-state index in [0.717, 1.165) is 36.2 Å². The first-order valence-electron chi connectivity index (χ1n) is 9.93. The van der Waals surface area contributed by atoms with Gasteiger partial charge < -0.3 is 19.5 Å². The Kier molecular flexibility index (Phi) is 5.31. The molecule has 0 saturated carbocycles. The Bertz CT molecular complexity index is 1020. The van der Waals surface area contributed by atoms with Crippen LogP contribution in [0.15, 0.2) is 35.2 Å². The predicted molar refractivity (Wildman–Crippen MR) is 110 cm³/mol. The first kappa shape index (κ1) is 19.8. The summed E-state index contributed by atoms with van der Waals surface area (Å²) in [5, 5.41) is 10.4. The van der Waals surface area contributed by atoms with E-state index < -0.39 is 10.0 Å². The Labute approximate surface area is 171 Å². The van der Waals surface area contributed by atoms with Gasteiger partial charge in [-0.3, -0.25) is 0 Å². The fraction of sp³-hybridized carbons (Fsp3) is 0.429. The molecule has 0 unspecified atom stereocenters. The lowest BCUT2D eigenvalue weighted by Crippen LogP contribution is -2.32. The standard InChI is InChI=1S/C21H26N2O5S/c1-3-23(4-2)29(25,26)17-7-8-18-15(10-17)6-5-9-22(18)13-16-11-20-21(12-19(16)24)28-14-27-20/h7-8,10-12,24H,3-6,9,13-14H2,1-2H3. The van der Waals surface area contributed by atoms with Crippen LogP contribution in [0.1, 0.15) is 31.4 Å². The van der Waals surface area contributed by atoms with Gasteiger partial charge in [-0.25, -0.2) is 8.42 Å². The second-order valence-electron chi connectivity index (χ2n) is 7.24. The molecular formula is C21H26N2O5S. The van der Waals surface area contributed by atoms with Gasteiger partial charge in [0.25, 0.3) is 0 Å². The van der Waals surface area contributed by atoms with E-state index in [9.17, 15) is 13.5 Å². The average Bonchev–Trinajstić information content (AvgIpc) is 3.16. The number of aryl methyl sites for hydroxylation is 1. The molecule has 0 bridgehead atoms. The van der Waals surface area contributed by atoms with Gasteiger partial charge in [-0.05, 0) is 42.7 Å². The fourth-order valence-corrected chi connectivity index (χ4v) is 5.50. The molecule has 2 aromatic carbocycles. The van der Waals surface area contributed by atoms with Crippen LogP contribution in [0.2, 0.25) is 0 Å². The van der Waals surface area contributed by atoms with E-state index in [1.54, 1.807) is 18.2 Å². The highest BCUT2D eigenvalue weighted by molar-refractivity contribution is 7.89. The van der Waals surface area contributed by atoms with Crippen molar-refractivity contribution in [2.45, 2.75) is 38.1 Å². The highest BCUT2D eigenvalue weighted by Crippen LogP contribution is 2.39. The van der Waals surface area contributed by atoms with Gasteiger partial charge in [0, 0.05) is 43.5 Å². The molecule has 0 fully saturated rings. The van der Waals surface area contributed by atoms with Crippen LogP contribution in [0.25, 0.3) is 0 Å². The zero-order valence-electron chi connectivity index (χ0n) is 16.7. The molecule has 2 aliphatic heterocycles. The maximum atomic E-state index is 12.9. The monoisotopic (exact) mass is 418 g/mol. The van der Waals surface area contributed by atoms with Crippen LogP contribution in [0.5, 0.6) is 17.2 Å². The molecule has 0 aromatic heterocycles. The number of hydrogen-bond acceptors (Lipinski definition) is 6. The van der Waals surface area contributed by atoms with Gasteiger partial charge in [0.05, 0.1) is 4.90 Å². The third kappa shape index (κ3) is 3.62. The van der Waals surface area contributed by atoms with Crippen molar-refractivity contribution in [3.05, 3.63) is 41.5 Å². The van der Waals surface area contributed by atoms with Crippen molar-refractivity contribution in [1.29, 1.82) is 0 Å². The summed E-state index contributed by atoms with van der Waals surface area (Å²) < 4.78 is 37.9. The SMILES string of the molecule is CCN(CC)S(=O)(=O)c1ccc2c(c1)CCCN2Cc1cc2c(cc1O)OCO2. The van der Waals surface area contributed by atoms with Crippen molar-refractivity contribution in [3.63, 3.8) is 0 Å². The largest absolute Gasteiger partial charge is 0.507 e. The van der Waals surface area contributed by atoms with Crippen LogP contribution in [-0.4, -0.2) is 44.3 Å². The lowest BCUT2D eigenvalue weighted by molar-refractivity contribution is 0.174. The summed E-state index contributed by atoms with van der Waals surface area (Å²) >= 11 is 0. The van der Waals surface area contributed by atoms with Crippen LogP contribution in [0.3, 0.4) is 0 Å². The van der Waals surface area contributed by atoms with Crippen molar-refractivity contribution >= 4 is 15.7 Å². The number of anilines is 1. The zero-order valence-corrected chi connectivity index (χ0v) is 17.5.